The number of benzene rings is 2. The molecule has 1 amide bonds. The maximum Gasteiger partial charge on any atom is 0.260 e. The molecule has 2 aromatic carbocycles. The molecule has 138 valence electrons. The van der Waals surface area contributed by atoms with Crippen LogP contribution < -0.4 is 4.74 Å². The van der Waals surface area contributed by atoms with Gasteiger partial charge in [-0.3, -0.25) is 4.79 Å². The number of likely N-dealkylation sites (tertiary alicyclic amines) is 1. The Kier molecular flexibility index (Phi) is 5.14. The quantitative estimate of drug-likeness (QED) is 0.690. The van der Waals surface area contributed by atoms with Gasteiger partial charge >= 0.3 is 0 Å². The number of rotatable bonds is 5. The van der Waals surface area contributed by atoms with Crippen LogP contribution in [0.25, 0.3) is 22.9 Å². The number of para-hydroxylation sites is 1. The number of hydrogen-bond donors (Lipinski definition) is 0. The number of carbonyl (C=O) groups excluding carboxylic acids is 1. The summed E-state index contributed by atoms with van der Waals surface area (Å²) in [5.41, 5.74) is 1.54. The summed E-state index contributed by atoms with van der Waals surface area (Å²) in [6, 6.07) is 17.0. The molecule has 0 saturated carbocycles. The molecule has 2 heterocycles. The van der Waals surface area contributed by atoms with E-state index in [0.717, 1.165) is 31.5 Å². The normalized spacial score (nSPS) is 14.1. The molecule has 0 radical (unpaired) electrons. The zero-order valence-corrected chi connectivity index (χ0v) is 15.0. The molecule has 3 aromatic rings. The largest absolute Gasteiger partial charge is 0.483 e. The number of amides is 1. The molecule has 1 saturated heterocycles. The number of ether oxygens (including phenoxy) is 1. The molecule has 4 rings (SSSR count). The van der Waals surface area contributed by atoms with Crippen LogP contribution in [0.5, 0.6) is 5.75 Å². The highest BCUT2D eigenvalue weighted by molar-refractivity contribution is 5.78. The average Bonchev–Trinajstić information content (AvgIpc) is 3.23. The highest BCUT2D eigenvalue weighted by atomic mass is 16.5. The number of nitrogens with zero attached hydrogens (tertiary/aromatic N) is 3. The van der Waals surface area contributed by atoms with Crippen molar-refractivity contribution in [3.05, 3.63) is 54.6 Å². The predicted octanol–water partition coefficient (Wildman–Crippen LogP) is 3.79. The lowest BCUT2D eigenvalue weighted by Crippen LogP contribution is -2.38. The molecule has 1 aromatic heterocycles. The number of carbonyl (C=O) groups is 1. The Hall–Kier alpha value is -3.15. The third-order valence-corrected chi connectivity index (χ3v) is 4.62. The first-order valence-corrected chi connectivity index (χ1v) is 9.20. The zero-order valence-electron chi connectivity index (χ0n) is 15.0. The highest BCUT2D eigenvalue weighted by Gasteiger charge is 2.19. The van der Waals surface area contributed by atoms with Crippen molar-refractivity contribution in [2.45, 2.75) is 19.3 Å². The molecular weight excluding hydrogens is 342 g/mol. The smallest absolute Gasteiger partial charge is 0.260 e. The molecule has 1 aliphatic heterocycles. The van der Waals surface area contributed by atoms with E-state index in [1.165, 1.54) is 6.42 Å². The SMILES string of the molecule is O=C(COc1ccccc1-c1nnc(-c2ccccc2)o1)N1CCCCC1. The second-order valence-corrected chi connectivity index (χ2v) is 6.50. The Morgan fingerprint density at radius 2 is 1.63 bits per heavy atom. The van der Waals surface area contributed by atoms with E-state index in [1.807, 2.05) is 59.5 Å². The second-order valence-electron chi connectivity index (χ2n) is 6.50. The van der Waals surface area contributed by atoms with Crippen molar-refractivity contribution in [1.29, 1.82) is 0 Å². The van der Waals surface area contributed by atoms with Crippen LogP contribution in [-0.2, 0) is 4.79 Å². The van der Waals surface area contributed by atoms with Crippen LogP contribution in [0, 0.1) is 0 Å². The lowest BCUT2D eigenvalue weighted by molar-refractivity contribution is -0.134. The summed E-state index contributed by atoms with van der Waals surface area (Å²) >= 11 is 0. The second kappa shape index (κ2) is 8.03. The third-order valence-electron chi connectivity index (χ3n) is 4.62. The topological polar surface area (TPSA) is 68.5 Å². The van der Waals surface area contributed by atoms with E-state index in [9.17, 15) is 4.79 Å². The number of hydrogen-bond acceptors (Lipinski definition) is 5. The maximum absolute atomic E-state index is 12.4. The van der Waals surface area contributed by atoms with Crippen LogP contribution in [0.3, 0.4) is 0 Å². The molecule has 0 atom stereocenters. The average molecular weight is 363 g/mol. The first-order chi connectivity index (χ1) is 13.3. The summed E-state index contributed by atoms with van der Waals surface area (Å²) in [7, 11) is 0. The van der Waals surface area contributed by atoms with E-state index in [0.29, 0.717) is 23.1 Å². The van der Waals surface area contributed by atoms with Crippen molar-refractivity contribution in [3.8, 4) is 28.7 Å². The molecule has 27 heavy (non-hydrogen) atoms. The van der Waals surface area contributed by atoms with Crippen molar-refractivity contribution < 1.29 is 13.9 Å². The maximum atomic E-state index is 12.4. The van der Waals surface area contributed by atoms with Crippen molar-refractivity contribution >= 4 is 5.91 Å². The minimum atomic E-state index is 0.0106. The van der Waals surface area contributed by atoms with E-state index in [2.05, 4.69) is 10.2 Å². The van der Waals surface area contributed by atoms with Gasteiger partial charge in [0, 0.05) is 18.7 Å². The summed E-state index contributed by atoms with van der Waals surface area (Å²) < 4.78 is 11.6. The van der Waals surface area contributed by atoms with E-state index >= 15 is 0 Å². The summed E-state index contributed by atoms with van der Waals surface area (Å²) in [6.45, 7) is 1.64. The first-order valence-electron chi connectivity index (χ1n) is 9.20. The fourth-order valence-corrected chi connectivity index (χ4v) is 3.17. The fourth-order valence-electron chi connectivity index (χ4n) is 3.17. The predicted molar refractivity (Wildman–Crippen MR) is 101 cm³/mol. The minimum Gasteiger partial charge on any atom is -0.483 e. The van der Waals surface area contributed by atoms with Crippen LogP contribution >= 0.6 is 0 Å². The van der Waals surface area contributed by atoms with Crippen LogP contribution in [0.1, 0.15) is 19.3 Å². The standard InChI is InChI=1S/C21H21N3O3/c25-19(24-13-7-2-8-14-24)15-26-18-12-6-5-11-17(18)21-23-22-20(27-21)16-9-3-1-4-10-16/h1,3-6,9-12H,2,7-8,13-15H2. The van der Waals surface area contributed by atoms with Crippen LogP contribution in [0.15, 0.2) is 59.0 Å². The first kappa shape index (κ1) is 17.3. The Morgan fingerprint density at radius 3 is 2.44 bits per heavy atom. The van der Waals surface area contributed by atoms with Gasteiger partial charge in [-0.2, -0.15) is 0 Å². The van der Waals surface area contributed by atoms with E-state index in [1.54, 1.807) is 0 Å². The van der Waals surface area contributed by atoms with Gasteiger partial charge in [-0.15, -0.1) is 10.2 Å². The fraction of sp³-hybridized carbons (Fsp3) is 0.286. The molecule has 0 N–H and O–H groups in total. The Bertz CT molecular complexity index is 902. The lowest BCUT2D eigenvalue weighted by atomic mass is 10.1. The molecule has 6 nitrogen and oxygen atoms in total. The van der Waals surface area contributed by atoms with Gasteiger partial charge in [0.1, 0.15) is 5.75 Å². The van der Waals surface area contributed by atoms with Crippen molar-refractivity contribution in [2.24, 2.45) is 0 Å². The molecule has 0 unspecified atom stereocenters. The van der Waals surface area contributed by atoms with Gasteiger partial charge in [0.05, 0.1) is 5.56 Å². The lowest BCUT2D eigenvalue weighted by Gasteiger charge is -2.26. The highest BCUT2D eigenvalue weighted by Crippen LogP contribution is 2.31. The molecule has 0 aliphatic carbocycles. The van der Waals surface area contributed by atoms with E-state index < -0.39 is 0 Å². The Morgan fingerprint density at radius 1 is 0.926 bits per heavy atom. The monoisotopic (exact) mass is 363 g/mol. The van der Waals surface area contributed by atoms with Crippen LogP contribution in [0.2, 0.25) is 0 Å². The molecule has 0 bridgehead atoms. The summed E-state index contributed by atoms with van der Waals surface area (Å²) in [4.78, 5) is 14.2. The molecule has 6 heteroatoms. The summed E-state index contributed by atoms with van der Waals surface area (Å²) in [6.07, 6.45) is 3.31. The van der Waals surface area contributed by atoms with Gasteiger partial charge in [-0.25, -0.2) is 0 Å². The van der Waals surface area contributed by atoms with Crippen LogP contribution in [-0.4, -0.2) is 40.7 Å². The van der Waals surface area contributed by atoms with E-state index in [4.69, 9.17) is 9.15 Å². The zero-order chi connectivity index (χ0) is 18.5. The molecule has 1 aliphatic rings. The minimum absolute atomic E-state index is 0.0106. The van der Waals surface area contributed by atoms with Gasteiger partial charge < -0.3 is 14.1 Å². The molecule has 0 spiro atoms. The van der Waals surface area contributed by atoms with Gasteiger partial charge in [0.2, 0.25) is 5.89 Å². The van der Waals surface area contributed by atoms with Crippen molar-refractivity contribution in [2.75, 3.05) is 19.7 Å². The Labute approximate surface area is 157 Å². The third kappa shape index (κ3) is 4.00. The number of piperidine rings is 1. The van der Waals surface area contributed by atoms with Crippen molar-refractivity contribution in [1.82, 2.24) is 15.1 Å². The molecular formula is C21H21N3O3. The van der Waals surface area contributed by atoms with Gasteiger partial charge in [-0.05, 0) is 43.5 Å². The Balaban J connectivity index is 1.50. The van der Waals surface area contributed by atoms with Gasteiger partial charge in [0.25, 0.3) is 11.8 Å². The molecule has 1 fully saturated rings. The summed E-state index contributed by atoms with van der Waals surface area (Å²) in [5, 5.41) is 8.27. The van der Waals surface area contributed by atoms with Crippen molar-refractivity contribution in [3.63, 3.8) is 0 Å². The van der Waals surface area contributed by atoms with Gasteiger partial charge in [0.15, 0.2) is 6.61 Å². The van der Waals surface area contributed by atoms with Gasteiger partial charge in [-0.1, -0.05) is 30.3 Å². The number of aromatic nitrogens is 2. The summed E-state index contributed by atoms with van der Waals surface area (Å²) in [5.74, 6) is 1.39. The van der Waals surface area contributed by atoms with Crippen LogP contribution in [0.4, 0.5) is 0 Å². The van der Waals surface area contributed by atoms with E-state index in [-0.39, 0.29) is 12.5 Å².